The summed E-state index contributed by atoms with van der Waals surface area (Å²) in [6, 6.07) is 6.57. The van der Waals surface area contributed by atoms with Gasteiger partial charge in [-0.05, 0) is 43.4 Å². The molecule has 1 aromatic rings. The summed E-state index contributed by atoms with van der Waals surface area (Å²) >= 11 is 0. The van der Waals surface area contributed by atoms with Crippen LogP contribution in [0.1, 0.15) is 23.1 Å². The normalized spacial score (nSPS) is 14.6. The van der Waals surface area contributed by atoms with Crippen molar-refractivity contribution in [2.45, 2.75) is 26.7 Å². The Bertz CT molecular complexity index is 394. The smallest absolute Gasteiger partial charge is 0.00582 e. The Labute approximate surface area is 86.0 Å². The predicted octanol–water partition coefficient (Wildman–Crippen LogP) is 3.73. The monoisotopic (exact) mass is 184 g/mol. The molecule has 2 rings (SSSR count). The van der Waals surface area contributed by atoms with Gasteiger partial charge in [-0.15, -0.1) is 0 Å². The zero-order valence-corrected chi connectivity index (χ0v) is 8.88. The molecular formula is C14H16. The second kappa shape index (κ2) is 3.83. The molecule has 0 heterocycles. The molecular weight excluding hydrogens is 168 g/mol. The van der Waals surface area contributed by atoms with E-state index in [1.807, 2.05) is 0 Å². The van der Waals surface area contributed by atoms with Gasteiger partial charge in [-0.25, -0.2) is 0 Å². The van der Waals surface area contributed by atoms with Gasteiger partial charge in [0.1, 0.15) is 0 Å². The maximum Gasteiger partial charge on any atom is -0.00582 e. The van der Waals surface area contributed by atoms with E-state index in [1.54, 1.807) is 0 Å². The van der Waals surface area contributed by atoms with Crippen LogP contribution in [-0.4, -0.2) is 0 Å². The summed E-state index contributed by atoms with van der Waals surface area (Å²) in [5.74, 6) is 0. The topological polar surface area (TPSA) is 0 Å². The highest BCUT2D eigenvalue weighted by molar-refractivity contribution is 5.37. The van der Waals surface area contributed by atoms with Gasteiger partial charge < -0.3 is 0 Å². The lowest BCUT2D eigenvalue weighted by Gasteiger charge is -2.08. The lowest BCUT2D eigenvalue weighted by Crippen LogP contribution is -1.93. The molecule has 0 amide bonds. The first-order chi connectivity index (χ1) is 6.77. The van der Waals surface area contributed by atoms with Crippen molar-refractivity contribution in [1.29, 1.82) is 0 Å². The van der Waals surface area contributed by atoms with Crippen molar-refractivity contribution in [3.8, 4) is 0 Å². The molecule has 0 fully saturated rings. The van der Waals surface area contributed by atoms with E-state index in [0.29, 0.717) is 0 Å². The van der Waals surface area contributed by atoms with Crippen LogP contribution in [0.2, 0.25) is 0 Å². The number of rotatable bonds is 2. The van der Waals surface area contributed by atoms with Crippen LogP contribution in [0.15, 0.2) is 42.0 Å². The van der Waals surface area contributed by atoms with Crippen LogP contribution in [0, 0.1) is 13.8 Å². The van der Waals surface area contributed by atoms with Crippen LogP contribution in [0.25, 0.3) is 0 Å². The molecule has 0 atom stereocenters. The fourth-order valence-corrected chi connectivity index (χ4v) is 1.87. The van der Waals surface area contributed by atoms with Crippen LogP contribution in [-0.2, 0) is 6.42 Å². The van der Waals surface area contributed by atoms with E-state index < -0.39 is 0 Å². The van der Waals surface area contributed by atoms with E-state index in [1.165, 1.54) is 22.3 Å². The van der Waals surface area contributed by atoms with Crippen molar-refractivity contribution in [3.05, 3.63) is 58.7 Å². The zero-order valence-electron chi connectivity index (χ0n) is 8.88. The third kappa shape index (κ3) is 1.79. The molecule has 0 aromatic heterocycles. The molecule has 0 bridgehead atoms. The van der Waals surface area contributed by atoms with Crippen molar-refractivity contribution in [1.82, 2.24) is 0 Å². The lowest BCUT2D eigenvalue weighted by molar-refractivity contribution is 1.06. The molecule has 1 aliphatic rings. The van der Waals surface area contributed by atoms with Crippen LogP contribution in [0.3, 0.4) is 0 Å². The third-order valence-electron chi connectivity index (χ3n) is 2.98. The van der Waals surface area contributed by atoms with Gasteiger partial charge in [-0.1, -0.05) is 42.0 Å². The Hall–Kier alpha value is -1.30. The maximum absolute atomic E-state index is 2.24. The number of hydrogen-bond acceptors (Lipinski definition) is 0. The van der Waals surface area contributed by atoms with Gasteiger partial charge in [0.05, 0.1) is 0 Å². The third-order valence-corrected chi connectivity index (χ3v) is 2.98. The second-order valence-electron chi connectivity index (χ2n) is 3.99. The lowest BCUT2D eigenvalue weighted by atomic mass is 9.97. The number of aryl methyl sites for hydroxylation is 1. The summed E-state index contributed by atoms with van der Waals surface area (Å²) in [6.45, 7) is 4.40. The van der Waals surface area contributed by atoms with E-state index in [-0.39, 0.29) is 0 Å². The molecule has 0 radical (unpaired) electrons. The number of allylic oxidation sites excluding steroid dienone is 4. The van der Waals surface area contributed by atoms with Crippen molar-refractivity contribution >= 4 is 0 Å². The van der Waals surface area contributed by atoms with Gasteiger partial charge >= 0.3 is 0 Å². The average molecular weight is 184 g/mol. The summed E-state index contributed by atoms with van der Waals surface area (Å²) in [7, 11) is 0. The van der Waals surface area contributed by atoms with Crippen LogP contribution in [0.5, 0.6) is 0 Å². The maximum atomic E-state index is 2.24. The summed E-state index contributed by atoms with van der Waals surface area (Å²) in [6.07, 6.45) is 8.86. The van der Waals surface area contributed by atoms with Crippen LogP contribution < -0.4 is 0 Å². The number of hydrogen-bond donors (Lipinski definition) is 0. The molecule has 0 saturated carbocycles. The molecule has 0 saturated heterocycles. The molecule has 1 aliphatic carbocycles. The van der Waals surface area contributed by atoms with Gasteiger partial charge in [-0.2, -0.15) is 0 Å². The first-order valence-corrected chi connectivity index (χ1v) is 5.17. The minimum absolute atomic E-state index is 1.11. The summed E-state index contributed by atoms with van der Waals surface area (Å²) in [4.78, 5) is 0. The highest BCUT2D eigenvalue weighted by Gasteiger charge is 2.04. The van der Waals surface area contributed by atoms with Crippen LogP contribution in [0.4, 0.5) is 0 Å². The van der Waals surface area contributed by atoms with E-state index in [4.69, 9.17) is 0 Å². The van der Waals surface area contributed by atoms with E-state index >= 15 is 0 Å². The van der Waals surface area contributed by atoms with Gasteiger partial charge in [0.15, 0.2) is 0 Å². The minimum Gasteiger partial charge on any atom is -0.0804 e. The molecule has 0 spiro atoms. The van der Waals surface area contributed by atoms with Gasteiger partial charge in [-0.3, -0.25) is 0 Å². The standard InChI is InChI=1S/C14H16/c1-11-6-5-9-14(12(11)2)10-13-7-3-4-8-13/h3-7,9H,8,10H2,1-2H3. The number of benzene rings is 1. The molecule has 14 heavy (non-hydrogen) atoms. The molecule has 0 N–H and O–H groups in total. The van der Waals surface area contributed by atoms with E-state index in [2.05, 4.69) is 50.3 Å². The van der Waals surface area contributed by atoms with Crippen molar-refractivity contribution in [3.63, 3.8) is 0 Å². The Morgan fingerprint density at radius 2 is 2.07 bits per heavy atom. The largest absolute Gasteiger partial charge is 0.0804 e. The first-order valence-electron chi connectivity index (χ1n) is 5.17. The molecule has 72 valence electrons. The van der Waals surface area contributed by atoms with E-state index in [0.717, 1.165) is 12.8 Å². The predicted molar refractivity (Wildman–Crippen MR) is 61.5 cm³/mol. The van der Waals surface area contributed by atoms with E-state index in [9.17, 15) is 0 Å². The highest BCUT2D eigenvalue weighted by Crippen LogP contribution is 2.20. The SMILES string of the molecule is Cc1cccc(CC2=CC=CC2)c1C. The second-order valence-corrected chi connectivity index (χ2v) is 3.99. The highest BCUT2D eigenvalue weighted by atomic mass is 14.1. The Balaban J connectivity index is 2.21. The summed E-state index contributed by atoms with van der Waals surface area (Å²) in [5, 5.41) is 0. The molecule has 1 aromatic carbocycles. The first kappa shape index (κ1) is 9.26. The quantitative estimate of drug-likeness (QED) is 0.657. The van der Waals surface area contributed by atoms with Gasteiger partial charge in [0.25, 0.3) is 0 Å². The molecule has 0 aliphatic heterocycles. The van der Waals surface area contributed by atoms with Gasteiger partial charge in [0, 0.05) is 0 Å². The Morgan fingerprint density at radius 3 is 2.79 bits per heavy atom. The zero-order chi connectivity index (χ0) is 9.97. The van der Waals surface area contributed by atoms with Crippen LogP contribution >= 0.6 is 0 Å². The minimum atomic E-state index is 1.11. The molecule has 0 unspecified atom stereocenters. The summed E-state index contributed by atoms with van der Waals surface area (Å²) < 4.78 is 0. The average Bonchev–Trinajstić information content (AvgIpc) is 2.66. The fourth-order valence-electron chi connectivity index (χ4n) is 1.87. The van der Waals surface area contributed by atoms with Crippen molar-refractivity contribution in [2.24, 2.45) is 0 Å². The Morgan fingerprint density at radius 1 is 1.21 bits per heavy atom. The summed E-state index contributed by atoms with van der Waals surface area (Å²) in [5.41, 5.74) is 5.84. The fraction of sp³-hybridized carbons (Fsp3) is 0.286. The Kier molecular flexibility index (Phi) is 2.53. The van der Waals surface area contributed by atoms with Crippen molar-refractivity contribution < 1.29 is 0 Å². The molecule has 0 nitrogen and oxygen atoms in total. The van der Waals surface area contributed by atoms with Crippen molar-refractivity contribution in [2.75, 3.05) is 0 Å². The molecule has 0 heteroatoms. The van der Waals surface area contributed by atoms with Gasteiger partial charge in [0.2, 0.25) is 0 Å².